The lowest BCUT2D eigenvalue weighted by Crippen LogP contribution is -2.12. The highest BCUT2D eigenvalue weighted by atomic mass is 19.1. The molecular formula is C8H10F2N2. The highest BCUT2D eigenvalue weighted by Gasteiger charge is 2.10. The number of rotatable bonds is 2. The minimum absolute atomic E-state index is 0.263. The molecule has 0 unspecified atom stereocenters. The van der Waals surface area contributed by atoms with E-state index in [0.717, 1.165) is 6.07 Å². The van der Waals surface area contributed by atoms with Crippen molar-refractivity contribution in [1.29, 1.82) is 0 Å². The molecule has 1 aromatic heterocycles. The zero-order chi connectivity index (χ0) is 9.14. The number of hydrogen-bond acceptors (Lipinski definition) is 2. The molecule has 1 heterocycles. The van der Waals surface area contributed by atoms with Gasteiger partial charge in [0, 0.05) is 11.6 Å². The Labute approximate surface area is 69.4 Å². The highest BCUT2D eigenvalue weighted by molar-refractivity contribution is 5.15. The van der Waals surface area contributed by atoms with Crippen LogP contribution in [0.5, 0.6) is 0 Å². The average molecular weight is 172 g/mol. The van der Waals surface area contributed by atoms with Crippen LogP contribution in [0.25, 0.3) is 0 Å². The fourth-order valence-electron chi connectivity index (χ4n) is 0.919. The van der Waals surface area contributed by atoms with E-state index in [0.29, 0.717) is 6.42 Å². The van der Waals surface area contributed by atoms with Crippen LogP contribution in [-0.2, 0) is 0 Å². The maximum absolute atomic E-state index is 12.9. The van der Waals surface area contributed by atoms with Gasteiger partial charge < -0.3 is 5.73 Å². The van der Waals surface area contributed by atoms with E-state index >= 15 is 0 Å². The molecular weight excluding hydrogens is 162 g/mol. The summed E-state index contributed by atoms with van der Waals surface area (Å²) in [6.45, 7) is 1.83. The number of halogens is 2. The normalized spacial score (nSPS) is 13.0. The van der Waals surface area contributed by atoms with E-state index in [1.807, 2.05) is 6.92 Å². The average Bonchev–Trinajstić information content (AvgIpc) is 2.03. The van der Waals surface area contributed by atoms with Crippen molar-refractivity contribution in [3.05, 3.63) is 29.6 Å². The summed E-state index contributed by atoms with van der Waals surface area (Å²) < 4.78 is 25.2. The molecule has 1 rings (SSSR count). The third-order valence-electron chi connectivity index (χ3n) is 1.68. The summed E-state index contributed by atoms with van der Waals surface area (Å²) >= 11 is 0. The Morgan fingerprint density at radius 2 is 2.17 bits per heavy atom. The topological polar surface area (TPSA) is 38.9 Å². The molecule has 0 aliphatic carbocycles. The van der Waals surface area contributed by atoms with Crippen LogP contribution in [0.2, 0.25) is 0 Å². The predicted octanol–water partition coefficient (Wildman–Crippen LogP) is 1.77. The zero-order valence-electron chi connectivity index (χ0n) is 6.72. The molecule has 0 saturated heterocycles. The van der Waals surface area contributed by atoms with E-state index in [1.165, 1.54) is 6.07 Å². The summed E-state index contributed by atoms with van der Waals surface area (Å²) in [6.07, 6.45) is 0.601. The van der Waals surface area contributed by atoms with Gasteiger partial charge in [-0.1, -0.05) is 6.92 Å². The largest absolute Gasteiger partial charge is 0.324 e. The first-order valence-corrected chi connectivity index (χ1v) is 3.72. The van der Waals surface area contributed by atoms with Crippen molar-refractivity contribution in [3.8, 4) is 0 Å². The van der Waals surface area contributed by atoms with E-state index < -0.39 is 17.9 Å². The van der Waals surface area contributed by atoms with Crippen LogP contribution in [0, 0.1) is 11.9 Å². The molecule has 0 aliphatic heterocycles. The summed E-state index contributed by atoms with van der Waals surface area (Å²) in [5.41, 5.74) is 5.81. The van der Waals surface area contributed by atoms with E-state index in [-0.39, 0.29) is 5.56 Å². The quantitative estimate of drug-likeness (QED) is 0.690. The summed E-state index contributed by atoms with van der Waals surface area (Å²) in [5.74, 6) is -1.64. The summed E-state index contributed by atoms with van der Waals surface area (Å²) in [5, 5.41) is 0. The molecule has 0 fully saturated rings. The molecule has 1 atom stereocenters. The number of nitrogens with zero attached hydrogens (tertiary/aromatic N) is 1. The Kier molecular flexibility index (Phi) is 2.70. The van der Waals surface area contributed by atoms with Crippen LogP contribution >= 0.6 is 0 Å². The number of pyridine rings is 1. The number of nitrogens with two attached hydrogens (primary N) is 1. The van der Waals surface area contributed by atoms with Crippen LogP contribution in [0.4, 0.5) is 8.78 Å². The van der Waals surface area contributed by atoms with E-state index in [1.54, 1.807) is 0 Å². The lowest BCUT2D eigenvalue weighted by atomic mass is 10.1. The minimum atomic E-state index is -0.820. The number of hydrogen-bond donors (Lipinski definition) is 1. The maximum Gasteiger partial charge on any atom is 0.220 e. The third kappa shape index (κ3) is 1.76. The smallest absolute Gasteiger partial charge is 0.220 e. The summed E-state index contributed by atoms with van der Waals surface area (Å²) in [7, 11) is 0. The first-order chi connectivity index (χ1) is 5.65. The van der Waals surface area contributed by atoms with Crippen molar-refractivity contribution in [3.63, 3.8) is 0 Å². The molecule has 0 saturated carbocycles. The Morgan fingerprint density at radius 3 is 2.67 bits per heavy atom. The van der Waals surface area contributed by atoms with Gasteiger partial charge in [-0.15, -0.1) is 0 Å². The van der Waals surface area contributed by atoms with Gasteiger partial charge in [-0.3, -0.25) is 0 Å². The fraction of sp³-hybridized carbons (Fsp3) is 0.375. The Morgan fingerprint density at radius 1 is 1.50 bits per heavy atom. The second-order valence-electron chi connectivity index (χ2n) is 2.53. The van der Waals surface area contributed by atoms with Crippen molar-refractivity contribution >= 4 is 0 Å². The molecule has 1 aromatic rings. The van der Waals surface area contributed by atoms with Crippen LogP contribution in [0.15, 0.2) is 12.1 Å². The second kappa shape index (κ2) is 3.58. The Balaban J connectivity index is 3.01. The predicted molar refractivity (Wildman–Crippen MR) is 41.4 cm³/mol. The SMILES string of the molecule is CC[C@H](N)c1ccc(F)nc1F. The summed E-state index contributed by atoms with van der Waals surface area (Å²) in [4.78, 5) is 3.03. The fourth-order valence-corrected chi connectivity index (χ4v) is 0.919. The maximum atomic E-state index is 12.9. The lowest BCUT2D eigenvalue weighted by molar-refractivity contribution is 0.489. The third-order valence-corrected chi connectivity index (χ3v) is 1.68. The van der Waals surface area contributed by atoms with E-state index in [2.05, 4.69) is 4.98 Å². The van der Waals surface area contributed by atoms with Gasteiger partial charge >= 0.3 is 0 Å². The van der Waals surface area contributed by atoms with Crippen LogP contribution in [0.3, 0.4) is 0 Å². The van der Waals surface area contributed by atoms with Gasteiger partial charge in [0.2, 0.25) is 11.9 Å². The lowest BCUT2D eigenvalue weighted by Gasteiger charge is -2.08. The molecule has 0 aromatic carbocycles. The van der Waals surface area contributed by atoms with Gasteiger partial charge in [0.25, 0.3) is 0 Å². The van der Waals surface area contributed by atoms with Crippen LogP contribution in [-0.4, -0.2) is 4.98 Å². The van der Waals surface area contributed by atoms with Crippen molar-refractivity contribution in [1.82, 2.24) is 4.98 Å². The highest BCUT2D eigenvalue weighted by Crippen LogP contribution is 2.15. The molecule has 0 aliphatic rings. The van der Waals surface area contributed by atoms with Gasteiger partial charge in [-0.2, -0.15) is 13.8 Å². The molecule has 0 spiro atoms. The molecule has 2 N–H and O–H groups in total. The molecule has 0 bridgehead atoms. The van der Waals surface area contributed by atoms with Crippen molar-refractivity contribution < 1.29 is 8.78 Å². The molecule has 66 valence electrons. The molecule has 0 radical (unpaired) electrons. The standard InChI is InChI=1S/C8H10F2N2/c1-2-6(11)5-3-4-7(9)12-8(5)10/h3-4,6H,2,11H2,1H3/t6-/m0/s1. The second-order valence-corrected chi connectivity index (χ2v) is 2.53. The number of aromatic nitrogens is 1. The van der Waals surface area contributed by atoms with Gasteiger partial charge in [0.15, 0.2) is 0 Å². The van der Waals surface area contributed by atoms with Gasteiger partial charge in [-0.25, -0.2) is 0 Å². The Bertz CT molecular complexity index is 276. The van der Waals surface area contributed by atoms with Crippen LogP contribution in [0.1, 0.15) is 24.9 Å². The van der Waals surface area contributed by atoms with Gasteiger partial charge in [0.1, 0.15) is 0 Å². The van der Waals surface area contributed by atoms with Crippen LogP contribution < -0.4 is 5.73 Å². The first kappa shape index (κ1) is 9.06. The van der Waals surface area contributed by atoms with Crippen molar-refractivity contribution in [2.75, 3.05) is 0 Å². The molecule has 2 nitrogen and oxygen atoms in total. The van der Waals surface area contributed by atoms with E-state index in [4.69, 9.17) is 5.73 Å². The monoisotopic (exact) mass is 172 g/mol. The van der Waals surface area contributed by atoms with Crippen molar-refractivity contribution in [2.24, 2.45) is 5.73 Å². The molecule has 0 amide bonds. The van der Waals surface area contributed by atoms with Gasteiger partial charge in [0.05, 0.1) is 0 Å². The Hall–Kier alpha value is -1.03. The first-order valence-electron chi connectivity index (χ1n) is 3.72. The minimum Gasteiger partial charge on any atom is -0.324 e. The van der Waals surface area contributed by atoms with Gasteiger partial charge in [-0.05, 0) is 18.6 Å². The molecule has 12 heavy (non-hydrogen) atoms. The summed E-state index contributed by atoms with van der Waals surface area (Å²) in [6, 6.07) is 2.03. The van der Waals surface area contributed by atoms with E-state index in [9.17, 15) is 8.78 Å². The zero-order valence-corrected chi connectivity index (χ0v) is 6.72. The van der Waals surface area contributed by atoms with Crippen molar-refractivity contribution in [2.45, 2.75) is 19.4 Å². The molecule has 4 heteroatoms.